The quantitative estimate of drug-likeness (QED) is 0.876. The Morgan fingerprint density at radius 3 is 2.84 bits per heavy atom. The number of carbonyl (C=O) groups excluding carboxylic acids is 1. The van der Waals surface area contributed by atoms with E-state index >= 15 is 0 Å². The number of nitriles is 1. The first-order valence-corrected chi connectivity index (χ1v) is 6.92. The lowest BCUT2D eigenvalue weighted by Gasteiger charge is -2.27. The number of benzene rings is 1. The summed E-state index contributed by atoms with van der Waals surface area (Å²) in [5.74, 6) is 0.0951. The van der Waals surface area contributed by atoms with E-state index < -0.39 is 0 Å². The van der Waals surface area contributed by atoms with Gasteiger partial charge in [-0.1, -0.05) is 0 Å². The molecule has 6 heteroatoms. The fraction of sp³-hybridized carbons (Fsp3) is 0.385. The molecule has 0 atom stereocenters. The zero-order chi connectivity index (χ0) is 13.7. The molecule has 0 saturated carbocycles. The van der Waals surface area contributed by atoms with Gasteiger partial charge in [0, 0.05) is 36.3 Å². The van der Waals surface area contributed by atoms with E-state index in [2.05, 4.69) is 32.6 Å². The predicted molar refractivity (Wildman–Crippen MR) is 76.8 cm³/mol. The Bertz CT molecular complexity index is 506. The van der Waals surface area contributed by atoms with Gasteiger partial charge < -0.3 is 15.5 Å². The minimum atomic E-state index is 0.0951. The van der Waals surface area contributed by atoms with Crippen LogP contribution in [0.2, 0.25) is 0 Å². The molecule has 2 rings (SSSR count). The van der Waals surface area contributed by atoms with Crippen molar-refractivity contribution in [1.29, 1.82) is 5.26 Å². The van der Waals surface area contributed by atoms with Crippen molar-refractivity contribution in [1.82, 2.24) is 10.2 Å². The molecule has 1 aliphatic rings. The zero-order valence-electron chi connectivity index (χ0n) is 10.4. The molecule has 0 aliphatic carbocycles. The monoisotopic (exact) mass is 322 g/mol. The fourth-order valence-corrected chi connectivity index (χ4v) is 2.44. The van der Waals surface area contributed by atoms with Crippen LogP contribution >= 0.6 is 15.9 Å². The normalized spacial score (nSPS) is 14.8. The largest absolute Gasteiger partial charge is 0.375 e. The molecule has 0 radical (unpaired) electrons. The topological polar surface area (TPSA) is 68.2 Å². The molecule has 2 N–H and O–H groups in total. The van der Waals surface area contributed by atoms with Crippen molar-refractivity contribution in [3.63, 3.8) is 0 Å². The highest BCUT2D eigenvalue weighted by molar-refractivity contribution is 9.10. The molecular weight excluding hydrogens is 308 g/mol. The lowest BCUT2D eigenvalue weighted by atomic mass is 10.2. The lowest BCUT2D eigenvalue weighted by Crippen LogP contribution is -2.48. The van der Waals surface area contributed by atoms with Crippen LogP contribution in [-0.4, -0.2) is 43.5 Å². The highest BCUT2D eigenvalue weighted by atomic mass is 79.9. The van der Waals surface area contributed by atoms with Crippen LogP contribution in [-0.2, 0) is 4.79 Å². The summed E-state index contributed by atoms with van der Waals surface area (Å²) in [7, 11) is 0. The smallest absolute Gasteiger partial charge is 0.241 e. The highest BCUT2D eigenvalue weighted by Gasteiger charge is 2.15. The number of carbonyl (C=O) groups is 1. The number of nitrogens with zero attached hydrogens (tertiary/aromatic N) is 2. The molecule has 0 aromatic heterocycles. The van der Waals surface area contributed by atoms with Gasteiger partial charge in [0.05, 0.1) is 18.2 Å². The standard InChI is InChI=1S/C13H15BrN4O/c14-11-7-10(8-15)1-2-12(11)17-9-13(19)18-5-3-16-4-6-18/h1-2,7,16-17H,3-6,9H2. The summed E-state index contributed by atoms with van der Waals surface area (Å²) < 4.78 is 0.791. The summed E-state index contributed by atoms with van der Waals surface area (Å²) in [4.78, 5) is 13.8. The SMILES string of the molecule is N#Cc1ccc(NCC(=O)N2CCNCC2)c(Br)c1. The summed E-state index contributed by atoms with van der Waals surface area (Å²) >= 11 is 3.39. The molecule has 1 heterocycles. The second-order valence-corrected chi connectivity index (χ2v) is 5.15. The van der Waals surface area contributed by atoms with Crippen LogP contribution in [0.1, 0.15) is 5.56 Å². The van der Waals surface area contributed by atoms with Crippen LogP contribution in [0.3, 0.4) is 0 Å². The first-order valence-electron chi connectivity index (χ1n) is 6.13. The molecule has 1 amide bonds. The number of rotatable bonds is 3. The maximum Gasteiger partial charge on any atom is 0.241 e. The van der Waals surface area contributed by atoms with Crippen LogP contribution < -0.4 is 10.6 Å². The number of piperazine rings is 1. The van der Waals surface area contributed by atoms with E-state index in [1.165, 1.54) is 0 Å². The van der Waals surface area contributed by atoms with Crippen molar-refractivity contribution in [3.8, 4) is 6.07 Å². The van der Waals surface area contributed by atoms with E-state index in [1.54, 1.807) is 18.2 Å². The highest BCUT2D eigenvalue weighted by Crippen LogP contribution is 2.23. The van der Waals surface area contributed by atoms with Gasteiger partial charge in [0.1, 0.15) is 0 Å². The minimum absolute atomic E-state index is 0.0951. The molecule has 0 spiro atoms. The Labute approximate surface area is 120 Å². The van der Waals surface area contributed by atoms with E-state index in [-0.39, 0.29) is 12.5 Å². The summed E-state index contributed by atoms with van der Waals surface area (Å²) in [6.07, 6.45) is 0. The van der Waals surface area contributed by atoms with Gasteiger partial charge in [0.25, 0.3) is 0 Å². The van der Waals surface area contributed by atoms with E-state index in [4.69, 9.17) is 5.26 Å². The average Bonchev–Trinajstić information content (AvgIpc) is 2.46. The third-order valence-electron chi connectivity index (χ3n) is 3.00. The van der Waals surface area contributed by atoms with Crippen molar-refractivity contribution < 1.29 is 4.79 Å². The summed E-state index contributed by atoms with van der Waals surface area (Å²) in [6.45, 7) is 3.49. The Morgan fingerprint density at radius 2 is 2.21 bits per heavy atom. The van der Waals surface area contributed by atoms with E-state index in [0.29, 0.717) is 5.56 Å². The van der Waals surface area contributed by atoms with Gasteiger partial charge in [-0.15, -0.1) is 0 Å². The van der Waals surface area contributed by atoms with Crippen LogP contribution in [0.25, 0.3) is 0 Å². The minimum Gasteiger partial charge on any atom is -0.375 e. The number of amides is 1. The maximum absolute atomic E-state index is 12.0. The molecule has 1 saturated heterocycles. The second-order valence-electron chi connectivity index (χ2n) is 4.29. The Balaban J connectivity index is 1.91. The fourth-order valence-electron chi connectivity index (χ4n) is 1.92. The number of nitrogens with one attached hydrogen (secondary N) is 2. The first kappa shape index (κ1) is 13.8. The van der Waals surface area contributed by atoms with Crippen LogP contribution in [0.15, 0.2) is 22.7 Å². The van der Waals surface area contributed by atoms with Crippen molar-refractivity contribution in [2.45, 2.75) is 0 Å². The molecule has 5 nitrogen and oxygen atoms in total. The number of hydrogen-bond acceptors (Lipinski definition) is 4. The molecule has 0 unspecified atom stereocenters. The van der Waals surface area contributed by atoms with E-state index in [0.717, 1.165) is 36.3 Å². The van der Waals surface area contributed by atoms with E-state index in [1.807, 2.05) is 4.90 Å². The number of anilines is 1. The van der Waals surface area contributed by atoms with Crippen molar-refractivity contribution in [3.05, 3.63) is 28.2 Å². The lowest BCUT2D eigenvalue weighted by molar-refractivity contribution is -0.129. The molecule has 1 aromatic carbocycles. The zero-order valence-corrected chi connectivity index (χ0v) is 12.0. The van der Waals surface area contributed by atoms with Gasteiger partial charge in [-0.25, -0.2) is 0 Å². The van der Waals surface area contributed by atoms with Gasteiger partial charge in [-0.05, 0) is 34.1 Å². The van der Waals surface area contributed by atoms with Crippen molar-refractivity contribution >= 4 is 27.5 Å². The Kier molecular flexibility index (Phi) is 4.77. The molecule has 1 fully saturated rings. The molecule has 1 aromatic rings. The summed E-state index contributed by atoms with van der Waals surface area (Å²) in [5.41, 5.74) is 1.41. The average molecular weight is 323 g/mol. The van der Waals surface area contributed by atoms with E-state index in [9.17, 15) is 4.79 Å². The maximum atomic E-state index is 12.0. The first-order chi connectivity index (χ1) is 9.20. The number of halogens is 1. The third-order valence-corrected chi connectivity index (χ3v) is 3.65. The molecule has 1 aliphatic heterocycles. The van der Waals surface area contributed by atoms with Crippen molar-refractivity contribution in [2.75, 3.05) is 38.0 Å². The third kappa shape index (κ3) is 3.69. The number of hydrogen-bond donors (Lipinski definition) is 2. The molecule has 19 heavy (non-hydrogen) atoms. The van der Waals surface area contributed by atoms with Gasteiger partial charge in [0.15, 0.2) is 0 Å². The molecule has 100 valence electrons. The summed E-state index contributed by atoms with van der Waals surface area (Å²) in [6, 6.07) is 7.33. The van der Waals surface area contributed by atoms with Crippen LogP contribution in [0.4, 0.5) is 5.69 Å². The van der Waals surface area contributed by atoms with Gasteiger partial charge in [-0.2, -0.15) is 5.26 Å². The Morgan fingerprint density at radius 1 is 1.47 bits per heavy atom. The molecule has 0 bridgehead atoms. The predicted octanol–water partition coefficient (Wildman–Crippen LogP) is 1.16. The van der Waals surface area contributed by atoms with Gasteiger partial charge in [0.2, 0.25) is 5.91 Å². The van der Waals surface area contributed by atoms with Gasteiger partial charge in [-0.3, -0.25) is 4.79 Å². The van der Waals surface area contributed by atoms with Crippen LogP contribution in [0, 0.1) is 11.3 Å². The van der Waals surface area contributed by atoms with Crippen molar-refractivity contribution in [2.24, 2.45) is 0 Å². The summed E-state index contributed by atoms with van der Waals surface area (Å²) in [5, 5.41) is 15.1. The van der Waals surface area contributed by atoms with Crippen LogP contribution in [0.5, 0.6) is 0 Å². The second kappa shape index (κ2) is 6.55. The Hall–Kier alpha value is -1.58. The molecular formula is C13H15BrN4O. The van der Waals surface area contributed by atoms with Gasteiger partial charge >= 0.3 is 0 Å².